The van der Waals surface area contributed by atoms with Gasteiger partial charge in [-0.15, -0.1) is 0 Å². The molecule has 41 heavy (non-hydrogen) atoms. The first-order valence-corrected chi connectivity index (χ1v) is 16.2. The number of hydrogen-bond donors (Lipinski definition) is 0. The zero-order valence-electron chi connectivity index (χ0n) is 25.1. The Bertz CT molecular complexity index is 1260. The van der Waals surface area contributed by atoms with E-state index in [1.165, 1.54) is 0 Å². The van der Waals surface area contributed by atoms with Crippen LogP contribution in [0.3, 0.4) is 0 Å². The van der Waals surface area contributed by atoms with Gasteiger partial charge in [0.15, 0.2) is 5.79 Å². The number of benzene rings is 1. The van der Waals surface area contributed by atoms with Gasteiger partial charge in [-0.1, -0.05) is 27.7 Å². The molecule has 0 bridgehead atoms. The van der Waals surface area contributed by atoms with Gasteiger partial charge in [-0.25, -0.2) is 4.79 Å². The maximum Gasteiger partial charge on any atom is 0.338 e. The van der Waals surface area contributed by atoms with Crippen LogP contribution in [-0.4, -0.2) is 36.4 Å². The van der Waals surface area contributed by atoms with E-state index in [1.807, 2.05) is 0 Å². The molecule has 0 amide bonds. The normalized spacial score (nSPS) is 48.5. The molecule has 2 heterocycles. The van der Waals surface area contributed by atoms with Crippen LogP contribution in [0, 0.1) is 63.6 Å². The van der Waals surface area contributed by atoms with E-state index in [0.717, 1.165) is 58.0 Å². The second kappa shape index (κ2) is 9.64. The van der Waals surface area contributed by atoms with Crippen molar-refractivity contribution in [1.29, 1.82) is 5.26 Å². The lowest BCUT2D eigenvalue weighted by Crippen LogP contribution is -2.58. The highest BCUT2D eigenvalue weighted by Crippen LogP contribution is 2.70. The first-order valence-electron chi connectivity index (χ1n) is 16.2. The molecular weight excluding hydrogens is 514 g/mol. The predicted molar refractivity (Wildman–Crippen MR) is 152 cm³/mol. The van der Waals surface area contributed by atoms with Gasteiger partial charge in [-0.2, -0.15) is 5.26 Å². The molecule has 0 unspecified atom stereocenters. The van der Waals surface area contributed by atoms with Crippen LogP contribution < -0.4 is 0 Å². The minimum atomic E-state index is -0.496. The Balaban J connectivity index is 1.06. The molecule has 1 aromatic carbocycles. The van der Waals surface area contributed by atoms with Crippen molar-refractivity contribution in [2.45, 2.75) is 103 Å². The van der Waals surface area contributed by atoms with Crippen LogP contribution in [0.4, 0.5) is 0 Å². The molecule has 7 rings (SSSR count). The highest BCUT2D eigenvalue weighted by atomic mass is 16.7. The number of carbonyl (C=O) groups excluding carboxylic acids is 2. The minimum Gasteiger partial charge on any atom is -0.459 e. The molecule has 220 valence electrons. The van der Waals surface area contributed by atoms with Gasteiger partial charge in [0.1, 0.15) is 11.9 Å². The Labute approximate surface area is 244 Å². The Kier molecular flexibility index (Phi) is 6.49. The van der Waals surface area contributed by atoms with Gasteiger partial charge >= 0.3 is 5.97 Å². The van der Waals surface area contributed by atoms with E-state index >= 15 is 0 Å². The summed E-state index contributed by atoms with van der Waals surface area (Å²) in [5.41, 5.74) is 0.813. The Hall–Kier alpha value is -2.23. The molecule has 0 radical (unpaired) electrons. The summed E-state index contributed by atoms with van der Waals surface area (Å²) in [5, 5.41) is 9.04. The lowest BCUT2D eigenvalue weighted by molar-refractivity contribution is -0.272. The van der Waals surface area contributed by atoms with Crippen LogP contribution in [0.25, 0.3) is 0 Å². The number of rotatable bonds is 2. The topological polar surface area (TPSA) is 85.6 Å². The first-order chi connectivity index (χ1) is 19.6. The maximum absolute atomic E-state index is 14.3. The standard InChI is InChI=1S/C35H45NO5/c1-20-11-14-35(39-19-20)21(2)31-29(41-35)16-28-26-10-9-24-15-25(40-32(38)23-7-5-22(18-36)6-8-23)12-13-33(24,3)27(26)17-30(37)34(28,31)4/h5-8,20-21,24-29,31H,9-17,19H2,1-4H3/t20-,21+,24+,25+,26-,27+,28+,29+,31+,33+,34-,35-/m1/s1. The summed E-state index contributed by atoms with van der Waals surface area (Å²) in [4.78, 5) is 27.2. The fraction of sp³-hybridized carbons (Fsp3) is 0.743. The third-order valence-corrected chi connectivity index (χ3v) is 13.3. The monoisotopic (exact) mass is 559 g/mol. The number of nitriles is 1. The molecule has 4 aliphatic carbocycles. The summed E-state index contributed by atoms with van der Waals surface area (Å²) in [7, 11) is 0. The zero-order chi connectivity index (χ0) is 28.7. The van der Waals surface area contributed by atoms with Crippen molar-refractivity contribution in [2.75, 3.05) is 6.61 Å². The smallest absolute Gasteiger partial charge is 0.338 e. The van der Waals surface area contributed by atoms with E-state index in [-0.39, 0.29) is 40.8 Å². The molecule has 6 nitrogen and oxygen atoms in total. The van der Waals surface area contributed by atoms with Crippen molar-refractivity contribution in [1.82, 2.24) is 0 Å². The summed E-state index contributed by atoms with van der Waals surface area (Å²) in [6.07, 6.45) is 8.79. The van der Waals surface area contributed by atoms with Crippen LogP contribution in [0.5, 0.6) is 0 Å². The quantitative estimate of drug-likeness (QED) is 0.375. The number of Topliss-reactive ketones (excluding diaryl/α,β-unsaturated/α-hetero) is 1. The molecule has 2 aliphatic heterocycles. The molecule has 6 aliphatic rings. The Morgan fingerprint density at radius 1 is 1.02 bits per heavy atom. The van der Waals surface area contributed by atoms with Crippen molar-refractivity contribution in [2.24, 2.45) is 52.3 Å². The minimum absolute atomic E-state index is 0.0909. The molecule has 6 heteroatoms. The third-order valence-electron chi connectivity index (χ3n) is 13.3. The first kappa shape index (κ1) is 27.6. The van der Waals surface area contributed by atoms with Gasteiger partial charge in [0.2, 0.25) is 0 Å². The van der Waals surface area contributed by atoms with E-state index in [9.17, 15) is 9.59 Å². The van der Waals surface area contributed by atoms with E-state index < -0.39 is 5.79 Å². The lowest BCUT2D eigenvalue weighted by atomic mass is 9.44. The molecule has 0 N–H and O–H groups in total. The second-order valence-electron chi connectivity index (χ2n) is 15.0. The average molecular weight is 560 g/mol. The van der Waals surface area contributed by atoms with E-state index in [2.05, 4.69) is 33.8 Å². The molecule has 4 saturated carbocycles. The van der Waals surface area contributed by atoms with Crippen molar-refractivity contribution >= 4 is 11.8 Å². The van der Waals surface area contributed by atoms with E-state index in [4.69, 9.17) is 19.5 Å². The lowest BCUT2D eigenvalue weighted by Gasteiger charge is -2.60. The zero-order valence-corrected chi connectivity index (χ0v) is 25.1. The number of carbonyl (C=O) groups is 2. The summed E-state index contributed by atoms with van der Waals surface area (Å²) >= 11 is 0. The third kappa shape index (κ3) is 4.01. The molecular formula is C35H45NO5. The summed E-state index contributed by atoms with van der Waals surface area (Å²) in [6.45, 7) is 10.0. The second-order valence-corrected chi connectivity index (χ2v) is 15.0. The molecule has 1 spiro atoms. The van der Waals surface area contributed by atoms with Gasteiger partial charge < -0.3 is 14.2 Å². The number of esters is 1. The molecule has 6 fully saturated rings. The predicted octanol–water partition coefficient (Wildman–Crippen LogP) is 6.71. The number of ketones is 1. The van der Waals surface area contributed by atoms with Gasteiger partial charge in [-0.05, 0) is 104 Å². The maximum atomic E-state index is 14.3. The van der Waals surface area contributed by atoms with Crippen molar-refractivity contribution in [3.63, 3.8) is 0 Å². The van der Waals surface area contributed by atoms with Gasteiger partial charge in [0, 0.05) is 30.1 Å². The summed E-state index contributed by atoms with van der Waals surface area (Å²) < 4.78 is 19.3. The van der Waals surface area contributed by atoms with Crippen LogP contribution in [-0.2, 0) is 19.0 Å². The van der Waals surface area contributed by atoms with Gasteiger partial charge in [0.25, 0.3) is 0 Å². The fourth-order valence-electron chi connectivity index (χ4n) is 10.9. The molecule has 0 aromatic heterocycles. The number of ether oxygens (including phenoxy) is 3. The molecule has 2 saturated heterocycles. The van der Waals surface area contributed by atoms with Crippen LogP contribution >= 0.6 is 0 Å². The molecule has 12 atom stereocenters. The highest BCUT2D eigenvalue weighted by molar-refractivity contribution is 5.89. The van der Waals surface area contributed by atoms with Gasteiger partial charge in [0.05, 0.1) is 29.9 Å². The number of fused-ring (bicyclic) bond motifs is 7. The van der Waals surface area contributed by atoms with Crippen LogP contribution in [0.15, 0.2) is 24.3 Å². The Morgan fingerprint density at radius 3 is 2.51 bits per heavy atom. The van der Waals surface area contributed by atoms with Gasteiger partial charge in [-0.3, -0.25) is 4.79 Å². The number of hydrogen-bond acceptors (Lipinski definition) is 6. The van der Waals surface area contributed by atoms with E-state index in [1.54, 1.807) is 24.3 Å². The largest absolute Gasteiger partial charge is 0.459 e. The summed E-state index contributed by atoms with van der Waals surface area (Å²) in [6, 6.07) is 8.76. The van der Waals surface area contributed by atoms with E-state index in [0.29, 0.717) is 52.9 Å². The summed E-state index contributed by atoms with van der Waals surface area (Å²) in [5.74, 6) is 2.53. The Morgan fingerprint density at radius 2 is 1.80 bits per heavy atom. The number of nitrogens with zero attached hydrogens (tertiary/aromatic N) is 1. The SMILES string of the molecule is C[C@@H]1CC[C@@]2(OC1)O[C@H]1C[C@H]3[C@@H]4CC[C@H]5C[C@@H](OC(=O)c6ccc(C#N)cc6)CC[C@]5(C)[C@H]4CC(=O)[C@]3(C)[C@H]1[C@@H]2C. The fourth-order valence-corrected chi connectivity index (χ4v) is 10.9. The molecule has 1 aromatic rings. The highest BCUT2D eigenvalue weighted by Gasteiger charge is 2.71. The van der Waals surface area contributed by atoms with Crippen molar-refractivity contribution < 1.29 is 23.8 Å². The van der Waals surface area contributed by atoms with Crippen LogP contribution in [0.1, 0.15) is 101 Å². The van der Waals surface area contributed by atoms with Crippen LogP contribution in [0.2, 0.25) is 0 Å². The van der Waals surface area contributed by atoms with Crippen molar-refractivity contribution in [3.05, 3.63) is 35.4 Å². The van der Waals surface area contributed by atoms with Crippen molar-refractivity contribution in [3.8, 4) is 6.07 Å². The average Bonchev–Trinajstić information content (AvgIpc) is 3.42.